The third-order valence-electron chi connectivity index (χ3n) is 3.83. The Kier molecular flexibility index (Phi) is 7.63. The number of unbranched alkanes of at least 4 members (excludes halogenated alkanes) is 2. The van der Waals surface area contributed by atoms with Gasteiger partial charge in [-0.15, -0.1) is 11.3 Å². The van der Waals surface area contributed by atoms with Crippen LogP contribution in [-0.4, -0.2) is 12.6 Å². The van der Waals surface area contributed by atoms with Crippen LogP contribution < -0.4 is 0 Å². The smallest absolute Gasteiger partial charge is 0.314 e. The zero-order chi connectivity index (χ0) is 16.5. The Balaban J connectivity index is 1.75. The molecule has 0 amide bonds. The van der Waals surface area contributed by atoms with Crippen LogP contribution in [0.2, 0.25) is 5.02 Å². The highest BCUT2D eigenvalue weighted by Crippen LogP contribution is 2.28. The van der Waals surface area contributed by atoms with E-state index in [0.29, 0.717) is 6.61 Å². The molecule has 1 atom stereocenters. The number of esters is 1. The van der Waals surface area contributed by atoms with Gasteiger partial charge in [0, 0.05) is 9.90 Å². The molecule has 2 rings (SSSR count). The second kappa shape index (κ2) is 9.74. The van der Waals surface area contributed by atoms with E-state index in [4.69, 9.17) is 16.3 Å². The molecule has 124 valence electrons. The number of hydrogen-bond donors (Lipinski definition) is 0. The molecule has 1 unspecified atom stereocenters. The van der Waals surface area contributed by atoms with Gasteiger partial charge >= 0.3 is 5.97 Å². The summed E-state index contributed by atoms with van der Waals surface area (Å²) in [5.41, 5.74) is 1.31. The van der Waals surface area contributed by atoms with Crippen molar-refractivity contribution in [3.05, 3.63) is 57.2 Å². The number of thiophene rings is 1. The first-order valence-electron chi connectivity index (χ1n) is 8.15. The minimum atomic E-state index is -0.106. The molecule has 1 aromatic carbocycles. The predicted octanol–water partition coefficient (Wildman–Crippen LogP) is 5.85. The van der Waals surface area contributed by atoms with Crippen LogP contribution in [0.15, 0.2) is 41.8 Å². The van der Waals surface area contributed by atoms with Crippen LogP contribution in [0.5, 0.6) is 0 Å². The van der Waals surface area contributed by atoms with Gasteiger partial charge in [0.2, 0.25) is 0 Å². The highest BCUT2D eigenvalue weighted by atomic mass is 35.5. The maximum Gasteiger partial charge on any atom is 0.314 e. The van der Waals surface area contributed by atoms with E-state index in [1.54, 1.807) is 11.3 Å². The molecule has 1 heterocycles. The first kappa shape index (κ1) is 18.0. The van der Waals surface area contributed by atoms with Crippen LogP contribution in [-0.2, 0) is 16.0 Å². The van der Waals surface area contributed by atoms with E-state index in [0.717, 1.165) is 42.0 Å². The molecule has 0 radical (unpaired) electrons. The number of carbonyl (C=O) groups is 1. The normalized spacial score (nSPS) is 12.1. The number of carbonyl (C=O) groups excluding carboxylic acids is 1. The van der Waals surface area contributed by atoms with Crippen molar-refractivity contribution in [2.24, 2.45) is 0 Å². The summed E-state index contributed by atoms with van der Waals surface area (Å²) in [4.78, 5) is 13.2. The van der Waals surface area contributed by atoms with Crippen molar-refractivity contribution in [2.75, 3.05) is 6.61 Å². The summed E-state index contributed by atoms with van der Waals surface area (Å²) in [7, 11) is 0. The Morgan fingerprint density at radius 2 is 1.96 bits per heavy atom. The molecule has 0 fully saturated rings. The Hall–Kier alpha value is -1.32. The lowest BCUT2D eigenvalue weighted by Crippen LogP contribution is -2.15. The van der Waals surface area contributed by atoms with Crippen LogP contribution in [0.1, 0.15) is 49.0 Å². The molecule has 4 heteroatoms. The standard InChI is InChI=1S/C19H23ClO2S/c1-2-22-19(21)17(18-9-6-14-23-18)8-5-3-4-7-15-10-12-16(20)13-11-15/h6,9-14,17H,2-5,7-8H2,1H3. The lowest BCUT2D eigenvalue weighted by molar-refractivity contribution is -0.145. The monoisotopic (exact) mass is 350 g/mol. The van der Waals surface area contributed by atoms with Crippen molar-refractivity contribution in [1.82, 2.24) is 0 Å². The van der Waals surface area contributed by atoms with Gasteiger partial charge in [-0.2, -0.15) is 0 Å². The number of ether oxygens (including phenoxy) is 1. The van der Waals surface area contributed by atoms with E-state index in [2.05, 4.69) is 12.1 Å². The molecule has 2 aromatic rings. The predicted molar refractivity (Wildman–Crippen MR) is 97.3 cm³/mol. The van der Waals surface area contributed by atoms with Crippen molar-refractivity contribution < 1.29 is 9.53 Å². The van der Waals surface area contributed by atoms with Gasteiger partial charge in [-0.1, -0.05) is 42.6 Å². The first-order chi connectivity index (χ1) is 11.2. The van der Waals surface area contributed by atoms with Crippen LogP contribution in [0, 0.1) is 0 Å². The maximum absolute atomic E-state index is 12.1. The molecule has 0 bridgehead atoms. The summed E-state index contributed by atoms with van der Waals surface area (Å²) in [6, 6.07) is 12.0. The zero-order valence-electron chi connectivity index (χ0n) is 13.5. The maximum atomic E-state index is 12.1. The number of aryl methyl sites for hydroxylation is 1. The summed E-state index contributed by atoms with van der Waals surface area (Å²) >= 11 is 7.53. The number of rotatable bonds is 9. The van der Waals surface area contributed by atoms with Crippen molar-refractivity contribution in [3.8, 4) is 0 Å². The lowest BCUT2D eigenvalue weighted by Gasteiger charge is -2.14. The quantitative estimate of drug-likeness (QED) is 0.418. The zero-order valence-corrected chi connectivity index (χ0v) is 15.0. The van der Waals surface area contributed by atoms with E-state index in [-0.39, 0.29) is 11.9 Å². The van der Waals surface area contributed by atoms with Crippen LogP contribution in [0.25, 0.3) is 0 Å². The van der Waals surface area contributed by atoms with Crippen molar-refractivity contribution in [1.29, 1.82) is 0 Å². The molecule has 0 saturated heterocycles. The molecule has 0 aliphatic heterocycles. The summed E-state index contributed by atoms with van der Waals surface area (Å²) in [6.07, 6.45) is 5.20. The van der Waals surface area contributed by atoms with E-state index in [1.165, 1.54) is 5.56 Å². The SMILES string of the molecule is CCOC(=O)C(CCCCCc1ccc(Cl)cc1)c1cccs1. The van der Waals surface area contributed by atoms with E-state index in [1.807, 2.05) is 36.6 Å². The second-order valence-corrected chi connectivity index (χ2v) is 6.96. The van der Waals surface area contributed by atoms with E-state index >= 15 is 0 Å². The Bertz CT molecular complexity index is 578. The largest absolute Gasteiger partial charge is 0.465 e. The Morgan fingerprint density at radius 3 is 2.61 bits per heavy atom. The molecule has 0 aliphatic carbocycles. The Labute approximate surface area is 147 Å². The molecule has 0 spiro atoms. The average Bonchev–Trinajstić information content (AvgIpc) is 3.07. The molecule has 0 N–H and O–H groups in total. The summed E-state index contributed by atoms with van der Waals surface area (Å²) in [5.74, 6) is -0.196. The molecule has 0 aliphatic rings. The fourth-order valence-corrected chi connectivity index (χ4v) is 3.59. The highest BCUT2D eigenvalue weighted by molar-refractivity contribution is 7.10. The minimum absolute atomic E-state index is 0.0901. The topological polar surface area (TPSA) is 26.3 Å². The fourth-order valence-electron chi connectivity index (χ4n) is 2.61. The number of halogens is 1. The van der Waals surface area contributed by atoms with Gasteiger partial charge in [0.05, 0.1) is 12.5 Å². The van der Waals surface area contributed by atoms with E-state index in [9.17, 15) is 4.79 Å². The molecule has 23 heavy (non-hydrogen) atoms. The van der Waals surface area contributed by atoms with Gasteiger partial charge in [0.25, 0.3) is 0 Å². The molecule has 0 saturated carbocycles. The van der Waals surface area contributed by atoms with Crippen LogP contribution in [0.4, 0.5) is 0 Å². The first-order valence-corrected chi connectivity index (χ1v) is 9.41. The van der Waals surface area contributed by atoms with Gasteiger partial charge in [0.15, 0.2) is 0 Å². The van der Waals surface area contributed by atoms with Gasteiger partial charge in [-0.3, -0.25) is 4.79 Å². The van der Waals surface area contributed by atoms with E-state index < -0.39 is 0 Å². The summed E-state index contributed by atoms with van der Waals surface area (Å²) < 4.78 is 5.22. The fraction of sp³-hybridized carbons (Fsp3) is 0.421. The summed E-state index contributed by atoms with van der Waals surface area (Å²) in [5, 5.41) is 2.80. The van der Waals surface area contributed by atoms with Gasteiger partial charge in [-0.05, 0) is 55.3 Å². The average molecular weight is 351 g/mol. The van der Waals surface area contributed by atoms with Crippen molar-refractivity contribution in [2.45, 2.75) is 44.9 Å². The number of benzene rings is 1. The second-order valence-electron chi connectivity index (χ2n) is 5.55. The van der Waals surface area contributed by atoms with Crippen molar-refractivity contribution in [3.63, 3.8) is 0 Å². The minimum Gasteiger partial charge on any atom is -0.465 e. The van der Waals surface area contributed by atoms with Gasteiger partial charge < -0.3 is 4.74 Å². The van der Waals surface area contributed by atoms with Crippen molar-refractivity contribution >= 4 is 28.9 Å². The van der Waals surface area contributed by atoms with Crippen LogP contribution in [0.3, 0.4) is 0 Å². The van der Waals surface area contributed by atoms with Gasteiger partial charge in [0.1, 0.15) is 0 Å². The summed E-state index contributed by atoms with van der Waals surface area (Å²) in [6.45, 7) is 2.30. The lowest BCUT2D eigenvalue weighted by atomic mass is 9.98. The molecular weight excluding hydrogens is 328 g/mol. The van der Waals surface area contributed by atoms with Crippen LogP contribution >= 0.6 is 22.9 Å². The number of hydrogen-bond acceptors (Lipinski definition) is 3. The third-order valence-corrected chi connectivity index (χ3v) is 5.07. The Morgan fingerprint density at radius 1 is 1.17 bits per heavy atom. The highest BCUT2D eigenvalue weighted by Gasteiger charge is 2.22. The third kappa shape index (κ3) is 6.00. The molecule has 1 aromatic heterocycles. The molecular formula is C19H23ClO2S. The van der Waals surface area contributed by atoms with Gasteiger partial charge in [-0.25, -0.2) is 0 Å². The molecule has 2 nitrogen and oxygen atoms in total.